The molecule has 3 rings (SSSR count). The molecule has 158 valence electrons. The predicted molar refractivity (Wildman–Crippen MR) is 107 cm³/mol. The van der Waals surface area contributed by atoms with Gasteiger partial charge in [0, 0.05) is 11.3 Å². The number of nitrogens with zero attached hydrogens (tertiary/aromatic N) is 2. The van der Waals surface area contributed by atoms with Gasteiger partial charge in [0.05, 0.1) is 12.0 Å². The van der Waals surface area contributed by atoms with Gasteiger partial charge in [0.25, 0.3) is 0 Å². The van der Waals surface area contributed by atoms with Crippen LogP contribution in [0, 0.1) is 5.41 Å². The molecule has 9 nitrogen and oxygen atoms in total. The number of nitrogens with one attached hydrogen (secondary N) is 2. The summed E-state index contributed by atoms with van der Waals surface area (Å²) in [6.07, 6.45) is 0. The van der Waals surface area contributed by atoms with E-state index in [1.807, 2.05) is 13.8 Å². The van der Waals surface area contributed by atoms with Gasteiger partial charge in [-0.25, -0.2) is 4.79 Å². The Morgan fingerprint density at radius 1 is 1.36 bits per heavy atom. The number of β-lactam (4-membered cyclic amide) rings is 1. The van der Waals surface area contributed by atoms with Gasteiger partial charge in [-0.3, -0.25) is 14.6 Å². The van der Waals surface area contributed by atoms with E-state index in [4.69, 9.17) is 9.47 Å². The Hall–Kier alpha value is -1.68. The first kappa shape index (κ1) is 22.6. The summed E-state index contributed by atoms with van der Waals surface area (Å²) < 4.78 is 9.62. The maximum atomic E-state index is 12.6. The van der Waals surface area contributed by atoms with Gasteiger partial charge in [-0.2, -0.15) is 0 Å². The van der Waals surface area contributed by atoms with Crippen molar-refractivity contribution < 1.29 is 23.9 Å². The van der Waals surface area contributed by atoms with Crippen molar-refractivity contribution in [2.24, 2.45) is 10.4 Å². The molecular formula is C17H27ClN4O5S. The van der Waals surface area contributed by atoms with Gasteiger partial charge < -0.3 is 25.0 Å². The third-order valence-electron chi connectivity index (χ3n) is 4.63. The van der Waals surface area contributed by atoms with Crippen molar-refractivity contribution >= 4 is 48.0 Å². The van der Waals surface area contributed by atoms with Crippen LogP contribution in [0.5, 0.6) is 0 Å². The highest BCUT2D eigenvalue weighted by Gasteiger charge is 2.64. The summed E-state index contributed by atoms with van der Waals surface area (Å²) in [4.78, 5) is 42.8. The molecule has 3 heterocycles. The number of carbonyl (C=O) groups is 3. The van der Waals surface area contributed by atoms with Gasteiger partial charge in [-0.05, 0) is 34.6 Å². The molecule has 0 spiro atoms. The van der Waals surface area contributed by atoms with Gasteiger partial charge in [-0.1, -0.05) is 0 Å². The molecule has 0 bridgehead atoms. The number of hydrogen-bond acceptors (Lipinski definition) is 9. The van der Waals surface area contributed by atoms with E-state index < -0.39 is 41.0 Å². The zero-order valence-corrected chi connectivity index (χ0v) is 18.2. The molecule has 2 unspecified atom stereocenters. The smallest absolute Gasteiger partial charge is 0.333 e. The molecule has 0 aromatic rings. The van der Waals surface area contributed by atoms with E-state index in [0.717, 1.165) is 6.54 Å². The van der Waals surface area contributed by atoms with E-state index in [1.54, 1.807) is 37.4 Å². The van der Waals surface area contributed by atoms with Crippen LogP contribution in [-0.2, 0) is 23.9 Å². The van der Waals surface area contributed by atoms with E-state index in [1.165, 1.54) is 0 Å². The molecule has 0 saturated carbocycles. The molecule has 0 aromatic carbocycles. The number of rotatable bonds is 4. The van der Waals surface area contributed by atoms with Crippen LogP contribution >= 0.6 is 24.2 Å². The lowest BCUT2D eigenvalue weighted by Crippen LogP contribution is -2.71. The zero-order chi connectivity index (χ0) is 20.0. The predicted octanol–water partition coefficient (Wildman–Crippen LogP) is 0.478. The summed E-state index contributed by atoms with van der Waals surface area (Å²) >= 11 is 1.54. The lowest BCUT2D eigenvalue weighted by molar-refractivity contribution is -0.180. The SMILES string of the molecule is CC(C)(C)C(=O)OCOC(=O)C1N2C(=O)C(NC3=NCCN3)[C@H]2SC1(C)C.Cl. The molecule has 2 fully saturated rings. The van der Waals surface area contributed by atoms with Crippen LogP contribution in [0.15, 0.2) is 4.99 Å². The minimum atomic E-state index is -0.732. The highest BCUT2D eigenvalue weighted by atomic mass is 35.5. The minimum Gasteiger partial charge on any atom is -0.427 e. The zero-order valence-electron chi connectivity index (χ0n) is 16.6. The maximum Gasteiger partial charge on any atom is 0.333 e. The summed E-state index contributed by atoms with van der Waals surface area (Å²) in [6.45, 7) is 9.92. The second-order valence-corrected chi connectivity index (χ2v) is 10.1. The molecule has 0 aliphatic carbocycles. The summed E-state index contributed by atoms with van der Waals surface area (Å²) in [5.74, 6) is -0.572. The molecule has 11 heteroatoms. The van der Waals surface area contributed by atoms with Crippen LogP contribution < -0.4 is 10.6 Å². The average Bonchev–Trinajstić information content (AvgIpc) is 3.15. The van der Waals surface area contributed by atoms with Crippen molar-refractivity contribution in [3.05, 3.63) is 0 Å². The lowest BCUT2D eigenvalue weighted by Gasteiger charge is -2.44. The van der Waals surface area contributed by atoms with Crippen molar-refractivity contribution in [2.75, 3.05) is 19.9 Å². The number of ether oxygens (including phenoxy) is 2. The molecule has 1 amide bonds. The first-order valence-electron chi connectivity index (χ1n) is 8.91. The number of aliphatic imine (C=N–C) groups is 1. The molecular weight excluding hydrogens is 408 g/mol. The van der Waals surface area contributed by atoms with Crippen LogP contribution in [0.2, 0.25) is 0 Å². The second-order valence-electron chi connectivity index (χ2n) is 8.30. The van der Waals surface area contributed by atoms with Crippen molar-refractivity contribution in [2.45, 2.75) is 56.8 Å². The summed E-state index contributed by atoms with van der Waals surface area (Å²) in [6, 6.07) is -1.15. The molecule has 2 N–H and O–H groups in total. The van der Waals surface area contributed by atoms with Gasteiger partial charge in [0.2, 0.25) is 12.7 Å². The Balaban J connectivity index is 0.00000280. The molecule has 3 aliphatic rings. The lowest BCUT2D eigenvalue weighted by atomic mass is 9.96. The number of guanidine groups is 1. The van der Waals surface area contributed by atoms with Crippen LogP contribution in [0.3, 0.4) is 0 Å². The Labute approximate surface area is 174 Å². The van der Waals surface area contributed by atoms with Crippen molar-refractivity contribution in [1.29, 1.82) is 0 Å². The van der Waals surface area contributed by atoms with Gasteiger partial charge >= 0.3 is 11.9 Å². The Bertz CT molecular complexity index is 694. The maximum absolute atomic E-state index is 12.6. The van der Waals surface area contributed by atoms with Crippen molar-refractivity contribution in [1.82, 2.24) is 15.5 Å². The van der Waals surface area contributed by atoms with E-state index in [0.29, 0.717) is 12.5 Å². The number of amides is 1. The third-order valence-corrected chi connectivity index (χ3v) is 6.21. The fraction of sp³-hybridized carbons (Fsp3) is 0.765. The van der Waals surface area contributed by atoms with E-state index in [2.05, 4.69) is 15.6 Å². The first-order chi connectivity index (χ1) is 12.5. The van der Waals surface area contributed by atoms with Crippen molar-refractivity contribution in [3.63, 3.8) is 0 Å². The van der Waals surface area contributed by atoms with E-state index in [9.17, 15) is 14.4 Å². The molecule has 3 atom stereocenters. The Morgan fingerprint density at radius 2 is 2.04 bits per heavy atom. The van der Waals surface area contributed by atoms with E-state index in [-0.39, 0.29) is 23.7 Å². The van der Waals surface area contributed by atoms with Crippen LogP contribution in [-0.4, -0.2) is 70.8 Å². The van der Waals surface area contributed by atoms with Gasteiger partial charge in [0.1, 0.15) is 17.5 Å². The summed E-state index contributed by atoms with van der Waals surface area (Å²) in [5.41, 5.74) is -0.677. The number of esters is 2. The third kappa shape index (κ3) is 4.17. The van der Waals surface area contributed by atoms with Gasteiger partial charge in [-0.15, -0.1) is 24.2 Å². The topological polar surface area (TPSA) is 109 Å². The Morgan fingerprint density at radius 3 is 2.61 bits per heavy atom. The molecule has 3 aliphatic heterocycles. The minimum absolute atomic E-state index is 0. The Kier molecular flexibility index (Phi) is 6.44. The summed E-state index contributed by atoms with van der Waals surface area (Å²) in [5, 5.41) is 6.02. The number of halogens is 1. The molecule has 0 radical (unpaired) electrons. The van der Waals surface area contributed by atoms with Gasteiger partial charge in [0.15, 0.2) is 5.96 Å². The standard InChI is InChI=1S/C17H26N4O5S.ClH/c1-16(2,3)14(24)26-8-25-13(23)10-17(4,5)27-12-9(11(22)21(10)12)20-15-18-6-7-19-15;/h9-10,12H,6-8H2,1-5H3,(H2,18,19,20);1H/t9?,10?,12-;/m1./s1. The molecule has 0 aromatic heterocycles. The monoisotopic (exact) mass is 434 g/mol. The second kappa shape index (κ2) is 7.98. The van der Waals surface area contributed by atoms with Crippen LogP contribution in [0.25, 0.3) is 0 Å². The fourth-order valence-corrected chi connectivity index (χ4v) is 4.83. The molecule has 28 heavy (non-hydrogen) atoms. The largest absolute Gasteiger partial charge is 0.427 e. The van der Waals surface area contributed by atoms with E-state index >= 15 is 0 Å². The number of hydrogen-bond donors (Lipinski definition) is 2. The number of fused-ring (bicyclic) bond motifs is 1. The highest BCUT2D eigenvalue weighted by Crippen LogP contribution is 2.51. The highest BCUT2D eigenvalue weighted by molar-refractivity contribution is 8.01. The first-order valence-corrected chi connectivity index (χ1v) is 9.79. The number of carbonyl (C=O) groups excluding carboxylic acids is 3. The quantitative estimate of drug-likeness (QED) is 0.373. The number of thioether (sulfide) groups is 1. The van der Waals surface area contributed by atoms with Crippen molar-refractivity contribution in [3.8, 4) is 0 Å². The molecule has 2 saturated heterocycles. The van der Waals surface area contributed by atoms with Crippen LogP contribution in [0.1, 0.15) is 34.6 Å². The fourth-order valence-electron chi connectivity index (χ4n) is 3.20. The normalized spacial score (nSPS) is 27.6. The van der Waals surface area contributed by atoms with Crippen LogP contribution in [0.4, 0.5) is 0 Å². The average molecular weight is 435 g/mol. The summed E-state index contributed by atoms with van der Waals surface area (Å²) in [7, 11) is 0.